The summed E-state index contributed by atoms with van der Waals surface area (Å²) >= 11 is 0. The third kappa shape index (κ3) is 6.78. The van der Waals surface area contributed by atoms with Gasteiger partial charge in [-0.25, -0.2) is 9.78 Å². The molecule has 0 spiro atoms. The average molecular weight is 558 g/mol. The molecule has 10 heteroatoms. The van der Waals surface area contributed by atoms with Crippen LogP contribution in [0.3, 0.4) is 0 Å². The van der Waals surface area contributed by atoms with Crippen LogP contribution in [0.4, 0.5) is 0 Å². The van der Waals surface area contributed by atoms with E-state index in [1.54, 1.807) is 36.2 Å². The number of hydrogen-bond donors (Lipinski definition) is 0. The lowest BCUT2D eigenvalue weighted by Crippen LogP contribution is -2.07. The third-order valence-electron chi connectivity index (χ3n) is 6.08. The molecule has 212 valence electrons. The van der Waals surface area contributed by atoms with Crippen molar-refractivity contribution in [3.8, 4) is 29.0 Å². The van der Waals surface area contributed by atoms with Gasteiger partial charge in [0.05, 0.1) is 26.0 Å². The normalized spacial score (nSPS) is 10.9. The summed E-state index contributed by atoms with van der Waals surface area (Å²) in [5, 5.41) is 4.51. The molecule has 0 N–H and O–H groups in total. The Morgan fingerprint density at radius 3 is 2.51 bits per heavy atom. The Labute approximate surface area is 237 Å². The molecule has 0 unspecified atom stereocenters. The topological polar surface area (TPSA) is 111 Å². The van der Waals surface area contributed by atoms with Gasteiger partial charge in [-0.2, -0.15) is 0 Å². The molecule has 10 nitrogen and oxygen atoms in total. The second-order valence-electron chi connectivity index (χ2n) is 9.04. The number of nitrogens with zero attached hydrogens (tertiary/aromatic N) is 3. The van der Waals surface area contributed by atoms with Gasteiger partial charge in [-0.1, -0.05) is 36.4 Å². The minimum atomic E-state index is -0.487. The maximum absolute atomic E-state index is 12.6. The van der Waals surface area contributed by atoms with Crippen molar-refractivity contribution in [1.82, 2.24) is 14.8 Å². The Balaban J connectivity index is 1.29. The number of hydrogen-bond acceptors (Lipinski definition) is 9. The van der Waals surface area contributed by atoms with Gasteiger partial charge in [0.1, 0.15) is 30.2 Å². The lowest BCUT2D eigenvalue weighted by Gasteiger charge is -2.13. The van der Waals surface area contributed by atoms with E-state index >= 15 is 0 Å². The molecule has 0 aliphatic carbocycles. The van der Waals surface area contributed by atoms with Gasteiger partial charge in [0.15, 0.2) is 17.3 Å². The number of aryl methyl sites for hydroxylation is 1. The van der Waals surface area contributed by atoms with E-state index in [-0.39, 0.29) is 31.3 Å². The number of rotatable bonds is 13. The molecule has 0 aliphatic rings. The zero-order chi connectivity index (χ0) is 28.6. The van der Waals surface area contributed by atoms with Crippen molar-refractivity contribution in [2.75, 3.05) is 13.2 Å². The Hall–Kier alpha value is -4.99. The van der Waals surface area contributed by atoms with E-state index < -0.39 is 5.97 Å². The molecule has 5 aromatic rings. The van der Waals surface area contributed by atoms with Crippen LogP contribution in [-0.4, -0.2) is 33.9 Å². The lowest BCUT2D eigenvalue weighted by molar-refractivity contribution is 0.0521. The quantitative estimate of drug-likeness (QED) is 0.156. The van der Waals surface area contributed by atoms with Gasteiger partial charge in [0.2, 0.25) is 5.88 Å². The van der Waals surface area contributed by atoms with Crippen LogP contribution in [0.2, 0.25) is 0 Å². The number of benzene rings is 2. The minimum absolute atomic E-state index is 0.157. The zero-order valence-corrected chi connectivity index (χ0v) is 23.2. The zero-order valence-electron chi connectivity index (χ0n) is 23.2. The molecule has 0 amide bonds. The fourth-order valence-electron chi connectivity index (χ4n) is 4.11. The van der Waals surface area contributed by atoms with Crippen LogP contribution in [0.5, 0.6) is 17.4 Å². The Morgan fingerprint density at radius 1 is 0.902 bits per heavy atom. The summed E-state index contributed by atoms with van der Waals surface area (Å²) in [5.74, 6) is 2.42. The fourth-order valence-corrected chi connectivity index (χ4v) is 4.11. The monoisotopic (exact) mass is 557 g/mol. The third-order valence-corrected chi connectivity index (χ3v) is 6.08. The van der Waals surface area contributed by atoms with Gasteiger partial charge in [0.25, 0.3) is 5.89 Å². The molecule has 0 atom stereocenters. The SMILES string of the molecule is CCOC(=O)c1cn(Cc2ccccc2)nc1OCc1ccc(OCc2nc(-c3ccco3)oc2C)c(OCC)c1. The average Bonchev–Trinajstić information content (AvgIpc) is 3.73. The molecule has 0 fully saturated rings. The smallest absolute Gasteiger partial charge is 0.345 e. The number of furan rings is 1. The second-order valence-corrected chi connectivity index (χ2v) is 9.04. The van der Waals surface area contributed by atoms with Crippen LogP contribution < -0.4 is 14.2 Å². The van der Waals surface area contributed by atoms with E-state index in [9.17, 15) is 4.79 Å². The summed E-state index contributed by atoms with van der Waals surface area (Å²) in [4.78, 5) is 17.1. The summed E-state index contributed by atoms with van der Waals surface area (Å²) in [5.41, 5.74) is 2.78. The van der Waals surface area contributed by atoms with Crippen molar-refractivity contribution in [2.45, 2.75) is 40.5 Å². The molecule has 3 aromatic heterocycles. The summed E-state index contributed by atoms with van der Waals surface area (Å²) in [6.45, 7) is 7.02. The highest BCUT2D eigenvalue weighted by atomic mass is 16.5. The first-order valence-electron chi connectivity index (χ1n) is 13.3. The highest BCUT2D eigenvalue weighted by Gasteiger charge is 2.20. The van der Waals surface area contributed by atoms with Gasteiger partial charge >= 0.3 is 5.97 Å². The van der Waals surface area contributed by atoms with Gasteiger partial charge in [-0.3, -0.25) is 4.68 Å². The van der Waals surface area contributed by atoms with Gasteiger partial charge in [-0.15, -0.1) is 5.10 Å². The first-order valence-corrected chi connectivity index (χ1v) is 13.3. The largest absolute Gasteiger partial charge is 0.490 e. The number of ether oxygens (including phenoxy) is 4. The predicted molar refractivity (Wildman–Crippen MR) is 149 cm³/mol. The van der Waals surface area contributed by atoms with Crippen molar-refractivity contribution < 1.29 is 32.6 Å². The molecule has 2 aromatic carbocycles. The van der Waals surface area contributed by atoms with Crippen molar-refractivity contribution in [2.24, 2.45) is 0 Å². The summed E-state index contributed by atoms with van der Waals surface area (Å²) in [6, 6.07) is 18.9. The highest BCUT2D eigenvalue weighted by molar-refractivity contribution is 5.91. The number of aromatic nitrogens is 3. The van der Waals surface area contributed by atoms with E-state index in [2.05, 4.69) is 10.1 Å². The summed E-state index contributed by atoms with van der Waals surface area (Å²) < 4.78 is 35.9. The van der Waals surface area contributed by atoms with Crippen LogP contribution in [0.1, 0.15) is 46.8 Å². The number of esters is 1. The van der Waals surface area contributed by atoms with Gasteiger partial charge in [-0.05, 0) is 56.2 Å². The molecule has 41 heavy (non-hydrogen) atoms. The van der Waals surface area contributed by atoms with Crippen molar-refractivity contribution >= 4 is 5.97 Å². The molecule has 0 bridgehead atoms. The Kier molecular flexibility index (Phi) is 8.68. The second kappa shape index (κ2) is 12.9. The molecular weight excluding hydrogens is 526 g/mol. The first-order chi connectivity index (χ1) is 20.0. The first kappa shape index (κ1) is 27.6. The molecule has 0 aliphatic heterocycles. The molecule has 0 radical (unpaired) electrons. The summed E-state index contributed by atoms with van der Waals surface area (Å²) in [6.07, 6.45) is 3.21. The number of carbonyl (C=O) groups is 1. The Bertz CT molecular complexity index is 1570. The molecular formula is C31H31N3O7. The fraction of sp³-hybridized carbons (Fsp3) is 0.258. The predicted octanol–water partition coefficient (Wildman–Crippen LogP) is 6.22. The maximum atomic E-state index is 12.6. The standard InChI is InChI=1S/C31H31N3O7/c1-4-36-28-16-23(13-14-26(28)39-20-25-21(3)41-30(32-25)27-12-9-15-38-27)19-40-29-24(31(35)37-5-2)18-34(33-29)17-22-10-7-6-8-11-22/h6-16,18H,4-5,17,19-20H2,1-3H3. The summed E-state index contributed by atoms with van der Waals surface area (Å²) in [7, 11) is 0. The maximum Gasteiger partial charge on any atom is 0.345 e. The van der Waals surface area contributed by atoms with E-state index in [4.69, 9.17) is 27.8 Å². The molecule has 0 saturated heterocycles. The van der Waals surface area contributed by atoms with E-state index in [1.165, 1.54) is 0 Å². The van der Waals surface area contributed by atoms with Gasteiger partial charge < -0.3 is 27.8 Å². The minimum Gasteiger partial charge on any atom is -0.490 e. The van der Waals surface area contributed by atoms with Crippen LogP contribution >= 0.6 is 0 Å². The van der Waals surface area contributed by atoms with E-state index in [1.807, 2.05) is 62.4 Å². The van der Waals surface area contributed by atoms with Crippen molar-refractivity contribution in [1.29, 1.82) is 0 Å². The van der Waals surface area contributed by atoms with Crippen LogP contribution in [0, 0.1) is 6.92 Å². The van der Waals surface area contributed by atoms with Crippen LogP contribution in [-0.2, 0) is 24.5 Å². The molecule has 0 saturated carbocycles. The van der Waals surface area contributed by atoms with E-state index in [0.29, 0.717) is 47.8 Å². The van der Waals surface area contributed by atoms with Gasteiger partial charge in [0, 0.05) is 6.20 Å². The number of carbonyl (C=O) groups excluding carboxylic acids is 1. The van der Waals surface area contributed by atoms with Crippen LogP contribution in [0.25, 0.3) is 11.7 Å². The van der Waals surface area contributed by atoms with E-state index in [0.717, 1.165) is 11.1 Å². The molecule has 5 rings (SSSR count). The Morgan fingerprint density at radius 2 is 1.76 bits per heavy atom. The molecule has 3 heterocycles. The highest BCUT2D eigenvalue weighted by Crippen LogP contribution is 2.31. The van der Waals surface area contributed by atoms with Crippen molar-refractivity contribution in [3.05, 3.63) is 101 Å². The lowest BCUT2D eigenvalue weighted by atomic mass is 10.2. The number of oxazole rings is 1. The van der Waals surface area contributed by atoms with Crippen molar-refractivity contribution in [3.63, 3.8) is 0 Å². The van der Waals surface area contributed by atoms with Crippen LogP contribution in [0.15, 0.2) is 82.0 Å².